The van der Waals surface area contributed by atoms with Gasteiger partial charge in [-0.05, 0) is 61.1 Å². The van der Waals surface area contributed by atoms with Crippen LogP contribution in [0.2, 0.25) is 0 Å². The van der Waals surface area contributed by atoms with Crippen LogP contribution in [0, 0.1) is 5.41 Å². The van der Waals surface area contributed by atoms with E-state index in [1.807, 2.05) is 6.92 Å². The molecule has 0 N–H and O–H groups in total. The molecule has 1 aliphatic rings. The van der Waals surface area contributed by atoms with Crippen molar-refractivity contribution in [2.45, 2.75) is 216 Å². The number of fused-ring (bicyclic) bond motifs is 1. The molecule has 1 aliphatic heterocycles. The Morgan fingerprint density at radius 2 is 1.11 bits per heavy atom. The van der Waals surface area contributed by atoms with Crippen LogP contribution >= 0.6 is 35.3 Å². The summed E-state index contributed by atoms with van der Waals surface area (Å²) in [5.41, 5.74) is 3.76. The van der Waals surface area contributed by atoms with Crippen LogP contribution in [-0.4, -0.2) is 23.3 Å². The van der Waals surface area contributed by atoms with Crippen molar-refractivity contribution in [3.8, 4) is 9.75 Å². The molecule has 0 fully saturated rings. The maximum atomic E-state index is 13.8. The topological polar surface area (TPSA) is 37.4 Å². The molecule has 0 bridgehead atoms. The highest BCUT2D eigenvalue weighted by molar-refractivity contribution is 7.90. The number of nitrogens with zero attached hydrogens (tertiary/aromatic N) is 1. The molecule has 2 aromatic rings. The number of thiophene rings is 2. The van der Waals surface area contributed by atoms with Crippen LogP contribution in [0.4, 0.5) is 0 Å². The highest BCUT2D eigenvalue weighted by Gasteiger charge is 2.44. The van der Waals surface area contributed by atoms with Crippen LogP contribution in [-0.2, 0) is 11.8 Å². The average molecular weight is 812 g/mol. The molecule has 6 heteroatoms. The predicted octanol–water partition coefficient (Wildman–Crippen LogP) is 17.0. The van der Waals surface area contributed by atoms with E-state index in [1.54, 1.807) is 22.7 Å². The van der Waals surface area contributed by atoms with E-state index < -0.39 is 0 Å². The molecule has 3 nitrogen and oxygen atoms in total. The van der Waals surface area contributed by atoms with Crippen molar-refractivity contribution in [2.24, 2.45) is 5.41 Å². The Morgan fingerprint density at radius 3 is 1.60 bits per heavy atom. The highest BCUT2D eigenvalue weighted by atomic mass is 32.1. The van der Waals surface area contributed by atoms with Gasteiger partial charge in [0.15, 0.2) is 0 Å². The van der Waals surface area contributed by atoms with Crippen LogP contribution in [0.1, 0.15) is 241 Å². The molecule has 3 heterocycles. The van der Waals surface area contributed by atoms with E-state index in [0.717, 1.165) is 43.7 Å². The SMILES string of the molecule is CCCCCCC.CCCCCCCCCC(/C=C(\S)c1cc(CCCCCCCCC)c(-c2sc(C(C)(C)C)c3c2C(=O)N(CC)C3=O)s1)=C\C(C)(C)C. The summed E-state index contributed by atoms with van der Waals surface area (Å²) in [6.45, 7) is 24.6. The minimum absolute atomic E-state index is 0.0862. The molecule has 0 unspecified atom stereocenters. The monoisotopic (exact) mass is 812 g/mol. The van der Waals surface area contributed by atoms with E-state index in [1.165, 1.54) is 132 Å². The van der Waals surface area contributed by atoms with E-state index in [2.05, 4.69) is 87.5 Å². The van der Waals surface area contributed by atoms with Gasteiger partial charge >= 0.3 is 0 Å². The summed E-state index contributed by atoms with van der Waals surface area (Å²) in [7, 11) is 0. The van der Waals surface area contributed by atoms with Gasteiger partial charge in [-0.2, -0.15) is 0 Å². The average Bonchev–Trinajstić information content (AvgIpc) is 3.79. The zero-order chi connectivity index (χ0) is 41.0. The summed E-state index contributed by atoms with van der Waals surface area (Å²) < 4.78 is 0. The van der Waals surface area contributed by atoms with Gasteiger partial charge in [0.05, 0.1) is 16.0 Å². The molecule has 0 aliphatic carbocycles. The number of amides is 2. The first-order valence-electron chi connectivity index (χ1n) is 22.4. The minimum atomic E-state index is -0.233. The number of hydrogen-bond donors (Lipinski definition) is 1. The number of allylic oxidation sites excluding steroid dienone is 3. The van der Waals surface area contributed by atoms with E-state index in [9.17, 15) is 9.59 Å². The number of unbranched alkanes of at least 4 members (excludes halogenated alkanes) is 16. The largest absolute Gasteiger partial charge is 0.275 e. The predicted molar refractivity (Wildman–Crippen MR) is 251 cm³/mol. The third-order valence-electron chi connectivity index (χ3n) is 10.4. The van der Waals surface area contributed by atoms with Crippen LogP contribution < -0.4 is 0 Å². The Bertz CT molecular complexity index is 1490. The lowest BCUT2D eigenvalue weighted by Crippen LogP contribution is -2.30. The summed E-state index contributed by atoms with van der Waals surface area (Å²) in [5.74, 6) is -0.268. The van der Waals surface area contributed by atoms with Crippen LogP contribution in [0.25, 0.3) is 14.7 Å². The first-order valence-corrected chi connectivity index (χ1v) is 24.5. The molecule has 0 saturated carbocycles. The van der Waals surface area contributed by atoms with Gasteiger partial charge in [-0.15, -0.1) is 35.3 Å². The molecule has 312 valence electrons. The second kappa shape index (κ2) is 25.7. The maximum absolute atomic E-state index is 13.8. The van der Waals surface area contributed by atoms with Crippen LogP contribution in [0.5, 0.6) is 0 Å². The third-order valence-corrected chi connectivity index (χ3v) is 13.9. The summed E-state index contributed by atoms with van der Waals surface area (Å²) in [6.07, 6.45) is 31.7. The van der Waals surface area contributed by atoms with Gasteiger partial charge in [-0.1, -0.05) is 190 Å². The molecule has 0 aromatic carbocycles. The summed E-state index contributed by atoms with van der Waals surface area (Å²) in [5, 5.41) is 0. The number of carbonyl (C=O) groups excluding carboxylic acids is 2. The number of carbonyl (C=O) groups is 2. The fraction of sp³-hybridized carbons (Fsp3) is 0.714. The van der Waals surface area contributed by atoms with Crippen molar-refractivity contribution >= 4 is 52.0 Å². The van der Waals surface area contributed by atoms with Crippen LogP contribution in [0.3, 0.4) is 0 Å². The van der Waals surface area contributed by atoms with Gasteiger partial charge in [-0.25, -0.2) is 0 Å². The smallest absolute Gasteiger partial charge is 0.263 e. The molecule has 0 atom stereocenters. The van der Waals surface area contributed by atoms with Crippen molar-refractivity contribution in [3.63, 3.8) is 0 Å². The lowest BCUT2D eigenvalue weighted by atomic mass is 9.90. The fourth-order valence-corrected chi connectivity index (χ4v) is 10.3. The van der Waals surface area contributed by atoms with E-state index in [4.69, 9.17) is 12.6 Å². The van der Waals surface area contributed by atoms with E-state index in [-0.39, 0.29) is 22.6 Å². The Morgan fingerprint density at radius 1 is 0.636 bits per heavy atom. The molecule has 0 radical (unpaired) electrons. The molecular formula is C49H81NO2S3. The number of hydrogen-bond acceptors (Lipinski definition) is 5. The molecule has 2 aromatic heterocycles. The molecule has 3 rings (SSSR count). The standard InChI is InChI=1S/C42H65NO2S3.C7H16/c1-10-13-15-17-19-21-23-25-30(29-41(4,5)6)27-32(46)33-28-31(26-24-22-20-18-16-14-11-2)36(47-33)37-34-35(38(48-37)42(7,8)9)40(45)43(12-3)39(34)44;1-3-5-7-6-4-2/h27-29,46H,10-26H2,1-9H3;3-7H2,1-2H3/b30-29+,32-27-;. The van der Waals surface area contributed by atoms with Gasteiger partial charge in [0, 0.05) is 26.1 Å². The molecular weight excluding hydrogens is 731 g/mol. The van der Waals surface area contributed by atoms with Gasteiger partial charge in [-0.3, -0.25) is 14.5 Å². The lowest BCUT2D eigenvalue weighted by Gasteiger charge is -2.19. The fourth-order valence-electron chi connectivity index (χ4n) is 7.33. The third kappa shape index (κ3) is 16.6. The Balaban J connectivity index is 0.00000136. The Labute approximate surface area is 353 Å². The zero-order valence-electron chi connectivity index (χ0n) is 37.3. The normalized spacial score (nSPS) is 13.9. The summed E-state index contributed by atoms with van der Waals surface area (Å²) in [6, 6.07) is 2.33. The zero-order valence-corrected chi connectivity index (χ0v) is 39.8. The second-order valence-corrected chi connectivity index (χ2v) is 20.6. The van der Waals surface area contributed by atoms with Crippen LogP contribution in [0.15, 0.2) is 23.8 Å². The van der Waals surface area contributed by atoms with Crippen molar-refractivity contribution in [2.75, 3.05) is 6.54 Å². The van der Waals surface area contributed by atoms with Crippen molar-refractivity contribution in [3.05, 3.63) is 50.2 Å². The molecule has 0 spiro atoms. The Kier molecular flexibility index (Phi) is 23.1. The maximum Gasteiger partial charge on any atom is 0.263 e. The number of rotatable bonds is 24. The van der Waals surface area contributed by atoms with Crippen molar-refractivity contribution in [1.82, 2.24) is 4.90 Å². The number of imide groups is 1. The highest BCUT2D eigenvalue weighted by Crippen LogP contribution is 2.50. The summed E-state index contributed by atoms with van der Waals surface area (Å²) in [4.78, 5) is 34.1. The van der Waals surface area contributed by atoms with Gasteiger partial charge in [0.25, 0.3) is 11.8 Å². The van der Waals surface area contributed by atoms with Gasteiger partial charge in [0.2, 0.25) is 0 Å². The number of thiol groups is 1. The lowest BCUT2D eigenvalue weighted by molar-refractivity contribution is 0.0662. The number of aryl methyl sites for hydroxylation is 1. The van der Waals surface area contributed by atoms with E-state index >= 15 is 0 Å². The quantitative estimate of drug-likeness (QED) is 0.0496. The molecule has 2 amide bonds. The van der Waals surface area contributed by atoms with Gasteiger partial charge in [0.1, 0.15) is 0 Å². The molecule has 0 saturated heterocycles. The van der Waals surface area contributed by atoms with Gasteiger partial charge < -0.3 is 0 Å². The second-order valence-electron chi connectivity index (χ2n) is 18.0. The van der Waals surface area contributed by atoms with Crippen molar-refractivity contribution in [1.29, 1.82) is 0 Å². The van der Waals surface area contributed by atoms with E-state index in [0.29, 0.717) is 17.7 Å². The molecule has 55 heavy (non-hydrogen) atoms. The van der Waals surface area contributed by atoms with Crippen molar-refractivity contribution < 1.29 is 9.59 Å². The first kappa shape index (κ1) is 49.5. The first-order chi connectivity index (χ1) is 26.1. The summed E-state index contributed by atoms with van der Waals surface area (Å²) >= 11 is 8.56. The minimum Gasteiger partial charge on any atom is -0.275 e. The Hall–Kier alpha value is -1.63.